The number of carbonyl (C=O) groups is 1. The molecule has 1 aromatic carbocycles. The number of ether oxygens (including phenoxy) is 2. The van der Waals surface area contributed by atoms with Crippen LogP contribution in [0.15, 0.2) is 18.2 Å². The second kappa shape index (κ2) is 7.91. The lowest BCUT2D eigenvalue weighted by molar-refractivity contribution is -0.141. The van der Waals surface area contributed by atoms with Crippen LogP contribution in [0.5, 0.6) is 11.5 Å². The fourth-order valence-corrected chi connectivity index (χ4v) is 3.16. The maximum Gasteiger partial charge on any atom is 0.511 e. The van der Waals surface area contributed by atoms with E-state index in [2.05, 4.69) is 0 Å². The van der Waals surface area contributed by atoms with Crippen LogP contribution in [-0.4, -0.2) is 56.1 Å². The highest BCUT2D eigenvalue weighted by Gasteiger charge is 2.52. The van der Waals surface area contributed by atoms with Crippen LogP contribution in [-0.2, 0) is 21.2 Å². The average molecular weight is 385 g/mol. The molecule has 0 aromatic heterocycles. The lowest BCUT2D eigenvalue weighted by Crippen LogP contribution is -2.49. The van der Waals surface area contributed by atoms with Gasteiger partial charge in [0.15, 0.2) is 11.5 Å². The van der Waals surface area contributed by atoms with Gasteiger partial charge in [0.25, 0.3) is 0 Å². The summed E-state index contributed by atoms with van der Waals surface area (Å²) in [5, 5.41) is 8.92. The van der Waals surface area contributed by atoms with E-state index in [1.807, 2.05) is 0 Å². The molecule has 0 radical (unpaired) electrons. The van der Waals surface area contributed by atoms with E-state index in [4.69, 9.17) is 14.6 Å². The number of carboxylic acid groups (broad SMARTS) is 1. The van der Waals surface area contributed by atoms with E-state index in [1.165, 1.54) is 32.4 Å². The van der Waals surface area contributed by atoms with Crippen molar-refractivity contribution < 1.29 is 41.0 Å². The normalized spacial score (nSPS) is 13.6. The minimum atomic E-state index is -5.78. The summed E-state index contributed by atoms with van der Waals surface area (Å²) in [6.07, 6.45) is -0.146. The number of alkyl halides is 3. The molecule has 0 heterocycles. The van der Waals surface area contributed by atoms with E-state index in [0.717, 1.165) is 6.92 Å². The zero-order chi connectivity index (χ0) is 19.4. The molecule has 0 fully saturated rings. The van der Waals surface area contributed by atoms with Crippen LogP contribution >= 0.6 is 0 Å². The Morgan fingerprint density at radius 3 is 2.24 bits per heavy atom. The van der Waals surface area contributed by atoms with Crippen molar-refractivity contribution in [1.29, 1.82) is 0 Å². The Bertz CT molecular complexity index is 720. The number of benzene rings is 1. The molecule has 0 unspecified atom stereocenters. The average Bonchev–Trinajstić information content (AvgIpc) is 2.53. The molecule has 0 spiro atoms. The zero-order valence-electron chi connectivity index (χ0n) is 13.7. The van der Waals surface area contributed by atoms with Gasteiger partial charge >= 0.3 is 21.5 Å². The van der Waals surface area contributed by atoms with Crippen LogP contribution in [0, 0.1) is 0 Å². The molecule has 0 aliphatic carbocycles. The SMILES string of the molecule is COc1ccc(CCN([C@@H](C)C(=O)O)S(=O)(=O)C(F)(F)F)cc1OC. The van der Waals surface area contributed by atoms with Crippen LogP contribution in [0.25, 0.3) is 0 Å². The number of hydrogen-bond donors (Lipinski definition) is 1. The van der Waals surface area contributed by atoms with Crippen molar-refractivity contribution in [2.45, 2.75) is 24.9 Å². The van der Waals surface area contributed by atoms with Gasteiger partial charge in [-0.25, -0.2) is 8.42 Å². The van der Waals surface area contributed by atoms with Crippen LogP contribution in [0.2, 0.25) is 0 Å². The second-order valence-corrected chi connectivity index (χ2v) is 6.90. The van der Waals surface area contributed by atoms with E-state index in [9.17, 15) is 26.4 Å². The van der Waals surface area contributed by atoms with Gasteiger partial charge in [0.1, 0.15) is 6.04 Å². The van der Waals surface area contributed by atoms with Gasteiger partial charge in [0, 0.05) is 6.54 Å². The first kappa shape index (κ1) is 21.0. The summed E-state index contributed by atoms with van der Waals surface area (Å²) < 4.78 is 71.7. The molecular formula is C14H18F3NO6S. The summed E-state index contributed by atoms with van der Waals surface area (Å²) in [6, 6.07) is 2.64. The maximum atomic E-state index is 12.8. The van der Waals surface area contributed by atoms with Gasteiger partial charge in [-0.05, 0) is 31.0 Å². The Hall–Kier alpha value is -2.01. The lowest BCUT2D eigenvalue weighted by atomic mass is 10.1. The Kier molecular flexibility index (Phi) is 6.66. The van der Waals surface area contributed by atoms with Crippen molar-refractivity contribution in [3.05, 3.63) is 23.8 Å². The fourth-order valence-electron chi connectivity index (χ4n) is 2.05. The largest absolute Gasteiger partial charge is 0.511 e. The number of rotatable bonds is 8. The van der Waals surface area contributed by atoms with E-state index in [1.54, 1.807) is 0 Å². The highest BCUT2D eigenvalue weighted by molar-refractivity contribution is 7.90. The summed E-state index contributed by atoms with van der Waals surface area (Å²) in [4.78, 5) is 11.0. The molecule has 0 aliphatic heterocycles. The van der Waals surface area contributed by atoms with Crippen LogP contribution in [0.1, 0.15) is 12.5 Å². The molecule has 0 bridgehead atoms. The monoisotopic (exact) mass is 385 g/mol. The molecule has 7 nitrogen and oxygen atoms in total. The Balaban J connectivity index is 3.10. The fraction of sp³-hybridized carbons (Fsp3) is 0.500. The predicted molar refractivity (Wildman–Crippen MR) is 82.0 cm³/mol. The van der Waals surface area contributed by atoms with Crippen LogP contribution in [0.3, 0.4) is 0 Å². The Labute approximate surface area is 143 Å². The third-order valence-electron chi connectivity index (χ3n) is 3.46. The van der Waals surface area contributed by atoms with Crippen molar-refractivity contribution in [1.82, 2.24) is 4.31 Å². The number of methoxy groups -OCH3 is 2. The number of nitrogens with zero attached hydrogens (tertiary/aromatic N) is 1. The van der Waals surface area contributed by atoms with E-state index >= 15 is 0 Å². The number of hydrogen-bond acceptors (Lipinski definition) is 5. The lowest BCUT2D eigenvalue weighted by Gasteiger charge is -2.26. The van der Waals surface area contributed by atoms with Gasteiger partial charge in [-0.3, -0.25) is 4.79 Å². The third kappa shape index (κ3) is 4.75. The summed E-state index contributed by atoms with van der Waals surface area (Å²) in [5.41, 5.74) is -5.13. The molecule has 1 N–H and O–H groups in total. The molecular weight excluding hydrogens is 367 g/mol. The summed E-state index contributed by atoms with van der Waals surface area (Å²) in [6.45, 7) is 0.213. The number of halogens is 3. The van der Waals surface area contributed by atoms with Crippen molar-refractivity contribution >= 4 is 16.0 Å². The number of aliphatic carboxylic acids is 1. The molecule has 0 saturated carbocycles. The molecule has 1 atom stereocenters. The third-order valence-corrected chi connectivity index (χ3v) is 5.16. The minimum absolute atomic E-state index is 0.0773. The summed E-state index contributed by atoms with van der Waals surface area (Å²) in [7, 11) is -3.01. The van der Waals surface area contributed by atoms with Crippen molar-refractivity contribution in [3.8, 4) is 11.5 Å². The number of sulfonamides is 1. The van der Waals surface area contributed by atoms with Gasteiger partial charge < -0.3 is 14.6 Å². The predicted octanol–water partition coefficient (Wildman–Crippen LogP) is 1.87. The first-order valence-corrected chi connectivity index (χ1v) is 8.41. The minimum Gasteiger partial charge on any atom is -0.493 e. The quantitative estimate of drug-likeness (QED) is 0.734. The first-order valence-electron chi connectivity index (χ1n) is 6.97. The van der Waals surface area contributed by atoms with Crippen molar-refractivity contribution in [2.24, 2.45) is 0 Å². The highest BCUT2D eigenvalue weighted by Crippen LogP contribution is 2.30. The summed E-state index contributed by atoms with van der Waals surface area (Å²) in [5.74, 6) is -0.971. The molecule has 25 heavy (non-hydrogen) atoms. The van der Waals surface area contributed by atoms with Gasteiger partial charge in [-0.15, -0.1) is 0 Å². The standard InChI is InChI=1S/C14H18F3NO6S/c1-9(13(19)20)18(25(21,22)14(15,16)17)7-6-10-4-5-11(23-2)12(8-10)24-3/h4-5,8-9H,6-7H2,1-3H3,(H,19,20)/t9-/m0/s1. The smallest absolute Gasteiger partial charge is 0.493 e. The molecule has 0 aliphatic rings. The second-order valence-electron chi connectivity index (χ2n) is 5.02. The van der Waals surface area contributed by atoms with Crippen molar-refractivity contribution in [3.63, 3.8) is 0 Å². The molecule has 1 rings (SSSR count). The number of carboxylic acids is 1. The van der Waals surface area contributed by atoms with Gasteiger partial charge in [-0.1, -0.05) is 6.07 Å². The van der Waals surface area contributed by atoms with Crippen molar-refractivity contribution in [2.75, 3.05) is 20.8 Å². The van der Waals surface area contributed by atoms with Crippen LogP contribution < -0.4 is 9.47 Å². The zero-order valence-corrected chi connectivity index (χ0v) is 14.5. The molecule has 1 aromatic rings. The van der Waals surface area contributed by atoms with Gasteiger partial charge in [0.05, 0.1) is 14.2 Å². The molecule has 142 valence electrons. The molecule has 0 saturated heterocycles. The van der Waals surface area contributed by atoms with Crippen LogP contribution in [0.4, 0.5) is 13.2 Å². The first-order chi connectivity index (χ1) is 11.5. The van der Waals surface area contributed by atoms with Gasteiger partial charge in [0.2, 0.25) is 0 Å². The summed E-state index contributed by atoms with van der Waals surface area (Å²) >= 11 is 0. The molecule has 11 heteroatoms. The van der Waals surface area contributed by atoms with E-state index in [0.29, 0.717) is 17.1 Å². The van der Waals surface area contributed by atoms with E-state index in [-0.39, 0.29) is 10.7 Å². The van der Waals surface area contributed by atoms with Gasteiger partial charge in [-0.2, -0.15) is 17.5 Å². The van der Waals surface area contributed by atoms with E-state index < -0.39 is 34.1 Å². The topological polar surface area (TPSA) is 93.1 Å². The Morgan fingerprint density at radius 2 is 1.80 bits per heavy atom. The highest BCUT2D eigenvalue weighted by atomic mass is 32.2. The Morgan fingerprint density at radius 1 is 1.24 bits per heavy atom. The maximum absolute atomic E-state index is 12.8. The molecule has 0 amide bonds.